The summed E-state index contributed by atoms with van der Waals surface area (Å²) < 4.78 is 36.3. The van der Waals surface area contributed by atoms with Crippen molar-refractivity contribution >= 4 is 15.9 Å². The van der Waals surface area contributed by atoms with Crippen LogP contribution in [0.15, 0.2) is 58.3 Å². The predicted molar refractivity (Wildman–Crippen MR) is 106 cm³/mol. The van der Waals surface area contributed by atoms with E-state index in [0.717, 1.165) is 24.4 Å². The lowest BCUT2D eigenvalue weighted by atomic mass is 10.1. The molecule has 3 rings (SSSR count). The second-order valence-electron chi connectivity index (χ2n) is 6.40. The van der Waals surface area contributed by atoms with Crippen LogP contribution in [0.25, 0.3) is 6.08 Å². The summed E-state index contributed by atoms with van der Waals surface area (Å²) in [5, 5.41) is 9.47. The maximum absolute atomic E-state index is 12.8. The zero-order chi connectivity index (χ0) is 20.0. The average molecular weight is 398 g/mol. The third-order valence-electron chi connectivity index (χ3n) is 4.55. The second kappa shape index (κ2) is 9.02. The average Bonchev–Trinajstić information content (AvgIpc) is 2.73. The van der Waals surface area contributed by atoms with E-state index in [-0.39, 0.29) is 9.80 Å². The van der Waals surface area contributed by atoms with Gasteiger partial charge < -0.3 is 9.47 Å². The number of ether oxygens (including phenoxy) is 2. The van der Waals surface area contributed by atoms with Gasteiger partial charge in [-0.3, -0.25) is 4.90 Å². The van der Waals surface area contributed by atoms with Gasteiger partial charge in [-0.2, -0.15) is 5.26 Å². The fourth-order valence-electron chi connectivity index (χ4n) is 3.06. The van der Waals surface area contributed by atoms with Gasteiger partial charge in [0.25, 0.3) is 0 Å². The molecule has 1 fully saturated rings. The van der Waals surface area contributed by atoms with E-state index in [2.05, 4.69) is 4.90 Å². The summed E-state index contributed by atoms with van der Waals surface area (Å²) in [6, 6.07) is 15.2. The van der Waals surface area contributed by atoms with E-state index in [0.29, 0.717) is 25.3 Å². The number of benzene rings is 2. The molecule has 28 heavy (non-hydrogen) atoms. The molecule has 0 spiro atoms. The largest absolute Gasteiger partial charge is 0.496 e. The minimum absolute atomic E-state index is 0.102. The SMILES string of the molecule is COc1ccc(C=C(C#N)S(=O)(=O)c2ccccc2)cc1CN1CCOCC1. The fourth-order valence-corrected chi connectivity index (χ4v) is 4.24. The number of hydrogen-bond donors (Lipinski definition) is 0. The number of morpholine rings is 1. The Morgan fingerprint density at radius 2 is 1.93 bits per heavy atom. The first kappa shape index (κ1) is 20.1. The zero-order valence-corrected chi connectivity index (χ0v) is 16.5. The van der Waals surface area contributed by atoms with Gasteiger partial charge >= 0.3 is 0 Å². The Hall–Kier alpha value is -2.66. The summed E-state index contributed by atoms with van der Waals surface area (Å²) in [6.45, 7) is 3.71. The van der Waals surface area contributed by atoms with Crippen LogP contribution in [0.5, 0.6) is 5.75 Å². The molecule has 7 heteroatoms. The molecule has 0 aromatic heterocycles. The van der Waals surface area contributed by atoms with E-state index in [1.807, 2.05) is 12.1 Å². The van der Waals surface area contributed by atoms with Crippen LogP contribution < -0.4 is 4.74 Å². The molecule has 1 saturated heterocycles. The molecule has 0 unspecified atom stereocenters. The van der Waals surface area contributed by atoms with Crippen LogP contribution in [0.3, 0.4) is 0 Å². The van der Waals surface area contributed by atoms with Gasteiger partial charge in [-0.15, -0.1) is 0 Å². The highest BCUT2D eigenvalue weighted by Crippen LogP contribution is 2.26. The molecule has 146 valence electrons. The minimum atomic E-state index is -3.86. The minimum Gasteiger partial charge on any atom is -0.496 e. The van der Waals surface area contributed by atoms with Crippen molar-refractivity contribution in [3.63, 3.8) is 0 Å². The number of nitriles is 1. The van der Waals surface area contributed by atoms with E-state index < -0.39 is 9.84 Å². The molecule has 2 aromatic carbocycles. The van der Waals surface area contributed by atoms with Crippen molar-refractivity contribution in [1.29, 1.82) is 5.26 Å². The highest BCUT2D eigenvalue weighted by molar-refractivity contribution is 7.95. The van der Waals surface area contributed by atoms with Crippen LogP contribution >= 0.6 is 0 Å². The molecule has 0 amide bonds. The molecule has 1 heterocycles. The highest BCUT2D eigenvalue weighted by Gasteiger charge is 2.21. The first-order chi connectivity index (χ1) is 13.5. The number of rotatable bonds is 6. The van der Waals surface area contributed by atoms with E-state index in [9.17, 15) is 13.7 Å². The van der Waals surface area contributed by atoms with Crippen molar-refractivity contribution in [3.8, 4) is 11.8 Å². The lowest BCUT2D eigenvalue weighted by Crippen LogP contribution is -2.35. The van der Waals surface area contributed by atoms with Crippen LogP contribution in [0, 0.1) is 11.3 Å². The third-order valence-corrected chi connectivity index (χ3v) is 6.23. The predicted octanol–water partition coefficient (Wildman–Crippen LogP) is 2.87. The Balaban J connectivity index is 1.93. The van der Waals surface area contributed by atoms with Crippen LogP contribution in [0.4, 0.5) is 0 Å². The first-order valence-electron chi connectivity index (χ1n) is 8.93. The molecule has 0 N–H and O–H groups in total. The summed E-state index contributed by atoms with van der Waals surface area (Å²) >= 11 is 0. The molecule has 1 aliphatic rings. The summed E-state index contributed by atoms with van der Waals surface area (Å²) in [5.41, 5.74) is 1.58. The summed E-state index contributed by atoms with van der Waals surface area (Å²) in [6.07, 6.45) is 1.41. The summed E-state index contributed by atoms with van der Waals surface area (Å²) in [7, 11) is -2.26. The van der Waals surface area contributed by atoms with E-state index in [1.165, 1.54) is 18.2 Å². The van der Waals surface area contributed by atoms with Gasteiger partial charge in [0.05, 0.1) is 25.2 Å². The Morgan fingerprint density at radius 1 is 1.21 bits per heavy atom. The molecular formula is C21H22N2O4S. The topological polar surface area (TPSA) is 79.6 Å². The van der Waals surface area contributed by atoms with Crippen LogP contribution in [-0.4, -0.2) is 46.7 Å². The lowest BCUT2D eigenvalue weighted by molar-refractivity contribution is 0.0339. The van der Waals surface area contributed by atoms with Crippen molar-refractivity contribution in [2.75, 3.05) is 33.4 Å². The van der Waals surface area contributed by atoms with Gasteiger partial charge in [0.15, 0.2) is 0 Å². The monoisotopic (exact) mass is 398 g/mol. The number of sulfone groups is 1. The van der Waals surface area contributed by atoms with Crippen molar-refractivity contribution in [2.24, 2.45) is 0 Å². The van der Waals surface area contributed by atoms with Gasteiger partial charge in [0, 0.05) is 25.2 Å². The zero-order valence-electron chi connectivity index (χ0n) is 15.7. The lowest BCUT2D eigenvalue weighted by Gasteiger charge is -2.27. The molecule has 1 aliphatic heterocycles. The smallest absolute Gasteiger partial charge is 0.216 e. The first-order valence-corrected chi connectivity index (χ1v) is 10.4. The Labute approximate surface area is 165 Å². The van der Waals surface area contributed by atoms with Gasteiger partial charge in [-0.05, 0) is 35.9 Å². The maximum Gasteiger partial charge on any atom is 0.216 e. The molecule has 0 bridgehead atoms. The third kappa shape index (κ3) is 4.60. The van der Waals surface area contributed by atoms with Gasteiger partial charge in [-0.25, -0.2) is 8.42 Å². The standard InChI is InChI=1S/C21H22N2O4S/c1-26-21-8-7-17(13-18(21)16-23-9-11-27-12-10-23)14-20(15-22)28(24,25)19-5-3-2-4-6-19/h2-8,13-14H,9-12,16H2,1H3. The van der Waals surface area contributed by atoms with Crippen LogP contribution in [-0.2, 0) is 21.1 Å². The number of hydrogen-bond acceptors (Lipinski definition) is 6. The van der Waals surface area contributed by atoms with Gasteiger partial charge in [-0.1, -0.05) is 24.3 Å². The molecule has 0 radical (unpaired) electrons. The van der Waals surface area contributed by atoms with Crippen LogP contribution in [0.2, 0.25) is 0 Å². The number of allylic oxidation sites excluding steroid dienone is 1. The molecule has 0 aliphatic carbocycles. The second-order valence-corrected chi connectivity index (χ2v) is 8.31. The highest BCUT2D eigenvalue weighted by atomic mass is 32.2. The molecule has 2 aromatic rings. The van der Waals surface area contributed by atoms with E-state index >= 15 is 0 Å². The Kier molecular flexibility index (Phi) is 6.47. The van der Waals surface area contributed by atoms with Crippen LogP contribution in [0.1, 0.15) is 11.1 Å². The molecular weight excluding hydrogens is 376 g/mol. The molecule has 0 atom stereocenters. The van der Waals surface area contributed by atoms with E-state index in [1.54, 1.807) is 37.4 Å². The summed E-state index contributed by atoms with van der Waals surface area (Å²) in [4.78, 5) is 2.06. The van der Waals surface area contributed by atoms with Gasteiger partial charge in [0.2, 0.25) is 9.84 Å². The van der Waals surface area contributed by atoms with E-state index in [4.69, 9.17) is 9.47 Å². The van der Waals surface area contributed by atoms with Crippen molar-refractivity contribution in [2.45, 2.75) is 11.4 Å². The fraction of sp³-hybridized carbons (Fsp3) is 0.286. The Morgan fingerprint density at radius 3 is 2.57 bits per heavy atom. The van der Waals surface area contributed by atoms with Crippen molar-refractivity contribution in [3.05, 3.63) is 64.6 Å². The normalized spacial score (nSPS) is 15.8. The van der Waals surface area contributed by atoms with Crippen molar-refractivity contribution < 1.29 is 17.9 Å². The summed E-state index contributed by atoms with van der Waals surface area (Å²) in [5.74, 6) is 0.730. The number of methoxy groups -OCH3 is 1. The Bertz CT molecular complexity index is 989. The van der Waals surface area contributed by atoms with Crippen molar-refractivity contribution in [1.82, 2.24) is 4.90 Å². The van der Waals surface area contributed by atoms with Gasteiger partial charge in [0.1, 0.15) is 16.7 Å². The quantitative estimate of drug-likeness (QED) is 0.696. The maximum atomic E-state index is 12.8. The molecule has 6 nitrogen and oxygen atoms in total. The number of nitrogens with zero attached hydrogens (tertiary/aromatic N) is 2. The molecule has 0 saturated carbocycles.